The number of carbonyl (C=O) groups excluding carboxylic acids is 1. The van der Waals surface area contributed by atoms with Gasteiger partial charge in [0.05, 0.1) is 7.11 Å². The van der Waals surface area contributed by atoms with Crippen molar-refractivity contribution in [2.75, 3.05) is 14.2 Å². The first kappa shape index (κ1) is 13.8. The van der Waals surface area contributed by atoms with Crippen LogP contribution in [0.2, 0.25) is 0 Å². The van der Waals surface area contributed by atoms with E-state index in [4.69, 9.17) is 4.74 Å². The number of methoxy groups -OCH3 is 1. The average molecular weight is 245 g/mol. The fourth-order valence-corrected chi connectivity index (χ4v) is 3.74. The average Bonchev–Trinajstić information content (AvgIpc) is 2.72. The molecule has 3 atom stereocenters. The van der Waals surface area contributed by atoms with Gasteiger partial charge in [-0.15, -0.1) is 0 Å². The van der Waals surface area contributed by atoms with Crippen molar-refractivity contribution < 1.29 is 9.53 Å². The smallest absolute Gasteiger partial charge is 0.326 e. The third-order valence-electron chi connectivity index (χ3n) is 3.52. The van der Waals surface area contributed by atoms with E-state index in [1.54, 1.807) is 0 Å². The highest BCUT2D eigenvalue weighted by Gasteiger charge is 2.45. The van der Waals surface area contributed by atoms with Crippen molar-refractivity contribution in [3.63, 3.8) is 0 Å². The molecule has 94 valence electrons. The summed E-state index contributed by atoms with van der Waals surface area (Å²) in [5.41, 5.74) is -0.431. The van der Waals surface area contributed by atoms with Gasteiger partial charge in [-0.2, -0.15) is 11.8 Å². The molecule has 1 saturated carbocycles. The molecular weight excluding hydrogens is 222 g/mol. The molecule has 3 nitrogen and oxygen atoms in total. The van der Waals surface area contributed by atoms with Gasteiger partial charge in [0.15, 0.2) is 0 Å². The minimum Gasteiger partial charge on any atom is -0.468 e. The molecule has 1 aliphatic rings. The van der Waals surface area contributed by atoms with Gasteiger partial charge in [0, 0.05) is 10.5 Å². The molecule has 1 fully saturated rings. The maximum atomic E-state index is 11.8. The van der Waals surface area contributed by atoms with Crippen LogP contribution in [0.1, 0.15) is 39.5 Å². The highest BCUT2D eigenvalue weighted by Crippen LogP contribution is 2.39. The van der Waals surface area contributed by atoms with Crippen molar-refractivity contribution in [1.82, 2.24) is 5.32 Å². The fourth-order valence-electron chi connectivity index (χ4n) is 2.25. The summed E-state index contributed by atoms with van der Waals surface area (Å²) in [6.45, 7) is 4.46. The SMILES string of the molecule is CCC(C)SC1CCC(NC)(C(=O)OC)C1. The molecule has 0 aromatic rings. The van der Waals surface area contributed by atoms with E-state index in [0.29, 0.717) is 10.5 Å². The van der Waals surface area contributed by atoms with Crippen LogP contribution < -0.4 is 5.32 Å². The second-order valence-corrected chi connectivity index (χ2v) is 6.29. The Balaban J connectivity index is 2.57. The number of likely N-dealkylation sites (N-methyl/N-ethyl adjacent to an activating group) is 1. The molecule has 0 bridgehead atoms. The molecular formula is C12H23NO2S. The highest BCUT2D eigenvalue weighted by atomic mass is 32.2. The Morgan fingerprint density at radius 3 is 2.88 bits per heavy atom. The van der Waals surface area contributed by atoms with Gasteiger partial charge in [-0.3, -0.25) is 4.79 Å². The Hall–Kier alpha value is -0.220. The Bertz CT molecular complexity index is 247. The van der Waals surface area contributed by atoms with E-state index in [2.05, 4.69) is 19.2 Å². The van der Waals surface area contributed by atoms with Gasteiger partial charge in [-0.25, -0.2) is 0 Å². The zero-order valence-electron chi connectivity index (χ0n) is 10.7. The van der Waals surface area contributed by atoms with Gasteiger partial charge in [0.25, 0.3) is 0 Å². The Morgan fingerprint density at radius 1 is 1.69 bits per heavy atom. The van der Waals surface area contributed by atoms with Crippen LogP contribution in [0, 0.1) is 0 Å². The lowest BCUT2D eigenvalue weighted by Crippen LogP contribution is -2.49. The third kappa shape index (κ3) is 2.92. The number of hydrogen-bond donors (Lipinski definition) is 1. The van der Waals surface area contributed by atoms with Crippen molar-refractivity contribution >= 4 is 17.7 Å². The number of thioether (sulfide) groups is 1. The second-order valence-electron chi connectivity index (χ2n) is 4.54. The predicted molar refractivity (Wildman–Crippen MR) is 68.8 cm³/mol. The number of nitrogens with one attached hydrogen (secondary N) is 1. The molecule has 0 aliphatic heterocycles. The zero-order chi connectivity index (χ0) is 12.2. The Labute approximate surface area is 103 Å². The summed E-state index contributed by atoms with van der Waals surface area (Å²) in [7, 11) is 3.32. The third-order valence-corrected chi connectivity index (χ3v) is 5.11. The molecule has 0 spiro atoms. The van der Waals surface area contributed by atoms with E-state index < -0.39 is 5.54 Å². The number of ether oxygens (including phenoxy) is 1. The zero-order valence-corrected chi connectivity index (χ0v) is 11.5. The monoisotopic (exact) mass is 245 g/mol. The van der Waals surface area contributed by atoms with Crippen LogP contribution in [-0.4, -0.2) is 36.2 Å². The lowest BCUT2D eigenvalue weighted by molar-refractivity contribution is -0.148. The molecule has 0 aromatic carbocycles. The number of esters is 1. The van der Waals surface area contributed by atoms with Gasteiger partial charge in [0.2, 0.25) is 0 Å². The Kier molecular flexibility index (Phi) is 5.12. The quantitative estimate of drug-likeness (QED) is 0.754. The molecule has 0 radical (unpaired) electrons. The molecule has 0 heterocycles. The minimum absolute atomic E-state index is 0.109. The molecule has 1 aliphatic carbocycles. The van der Waals surface area contributed by atoms with E-state index >= 15 is 0 Å². The standard InChI is InChI=1S/C12H23NO2S/c1-5-9(2)16-10-6-7-12(8-10,13-3)11(14)15-4/h9-10,13H,5-8H2,1-4H3. The van der Waals surface area contributed by atoms with E-state index in [-0.39, 0.29) is 5.97 Å². The van der Waals surface area contributed by atoms with Crippen LogP contribution in [0.15, 0.2) is 0 Å². The normalized spacial score (nSPS) is 31.4. The molecule has 3 unspecified atom stereocenters. The van der Waals surface area contributed by atoms with Gasteiger partial charge < -0.3 is 10.1 Å². The van der Waals surface area contributed by atoms with Crippen molar-refractivity contribution in [2.45, 2.75) is 55.6 Å². The van der Waals surface area contributed by atoms with E-state index in [1.165, 1.54) is 13.5 Å². The summed E-state index contributed by atoms with van der Waals surface area (Å²) in [4.78, 5) is 11.8. The van der Waals surface area contributed by atoms with E-state index in [0.717, 1.165) is 19.3 Å². The maximum Gasteiger partial charge on any atom is 0.326 e. The predicted octanol–water partition coefficient (Wildman–Crippen LogP) is 2.20. The highest BCUT2D eigenvalue weighted by molar-refractivity contribution is 8.00. The van der Waals surface area contributed by atoms with E-state index in [9.17, 15) is 4.79 Å². The summed E-state index contributed by atoms with van der Waals surface area (Å²) in [6, 6.07) is 0. The molecule has 4 heteroatoms. The summed E-state index contributed by atoms with van der Waals surface area (Å²) < 4.78 is 4.90. The summed E-state index contributed by atoms with van der Waals surface area (Å²) in [6.07, 6.45) is 4.08. The van der Waals surface area contributed by atoms with Crippen LogP contribution in [0.5, 0.6) is 0 Å². The maximum absolute atomic E-state index is 11.8. The number of carbonyl (C=O) groups is 1. The largest absolute Gasteiger partial charge is 0.468 e. The van der Waals surface area contributed by atoms with E-state index in [1.807, 2.05) is 18.8 Å². The first-order chi connectivity index (χ1) is 7.57. The van der Waals surface area contributed by atoms with Crippen molar-refractivity contribution in [1.29, 1.82) is 0 Å². The molecule has 0 amide bonds. The molecule has 1 rings (SSSR count). The van der Waals surface area contributed by atoms with Gasteiger partial charge in [-0.1, -0.05) is 13.8 Å². The first-order valence-corrected chi connectivity index (χ1v) is 6.95. The minimum atomic E-state index is -0.431. The molecule has 0 saturated heterocycles. The molecule has 16 heavy (non-hydrogen) atoms. The Morgan fingerprint density at radius 2 is 2.38 bits per heavy atom. The topological polar surface area (TPSA) is 38.3 Å². The molecule has 1 N–H and O–H groups in total. The van der Waals surface area contributed by atoms with Crippen molar-refractivity contribution in [3.05, 3.63) is 0 Å². The number of hydrogen-bond acceptors (Lipinski definition) is 4. The lowest BCUT2D eigenvalue weighted by Gasteiger charge is -2.26. The first-order valence-electron chi connectivity index (χ1n) is 6.00. The molecule has 0 aromatic heterocycles. The van der Waals surface area contributed by atoms with Crippen LogP contribution in [0.3, 0.4) is 0 Å². The van der Waals surface area contributed by atoms with Crippen LogP contribution in [0.25, 0.3) is 0 Å². The van der Waals surface area contributed by atoms with Gasteiger partial charge in [-0.05, 0) is 32.7 Å². The van der Waals surface area contributed by atoms with Crippen molar-refractivity contribution in [2.24, 2.45) is 0 Å². The number of rotatable bonds is 5. The summed E-state index contributed by atoms with van der Waals surface area (Å²) in [5.74, 6) is -0.109. The summed E-state index contributed by atoms with van der Waals surface area (Å²) in [5, 5.41) is 4.42. The summed E-state index contributed by atoms with van der Waals surface area (Å²) >= 11 is 2.00. The van der Waals surface area contributed by atoms with Gasteiger partial charge >= 0.3 is 5.97 Å². The lowest BCUT2D eigenvalue weighted by atomic mass is 9.98. The van der Waals surface area contributed by atoms with Crippen LogP contribution in [-0.2, 0) is 9.53 Å². The second kappa shape index (κ2) is 5.92. The van der Waals surface area contributed by atoms with Crippen LogP contribution in [0.4, 0.5) is 0 Å². The van der Waals surface area contributed by atoms with Crippen LogP contribution >= 0.6 is 11.8 Å². The van der Waals surface area contributed by atoms with Gasteiger partial charge in [0.1, 0.15) is 5.54 Å². The fraction of sp³-hybridized carbons (Fsp3) is 0.917. The van der Waals surface area contributed by atoms with Crippen molar-refractivity contribution in [3.8, 4) is 0 Å².